The third-order valence-corrected chi connectivity index (χ3v) is 6.45. The van der Waals surface area contributed by atoms with Gasteiger partial charge in [-0.15, -0.1) is 10.2 Å². The maximum Gasteiger partial charge on any atom is 0.277 e. The Hall–Kier alpha value is -3.29. The largest absolute Gasteiger partial charge is 0.482 e. The molecule has 1 amide bonds. The molecule has 0 saturated carbocycles. The van der Waals surface area contributed by atoms with E-state index in [0.29, 0.717) is 21.9 Å². The zero-order chi connectivity index (χ0) is 22.6. The van der Waals surface area contributed by atoms with E-state index >= 15 is 0 Å². The number of amides is 1. The number of carbonyl (C=O) groups excluding carboxylic acids is 1. The molecule has 6 nitrogen and oxygen atoms in total. The molecule has 0 N–H and O–H groups in total. The second kappa shape index (κ2) is 9.68. The second-order valence-corrected chi connectivity index (χ2v) is 8.79. The van der Waals surface area contributed by atoms with Crippen molar-refractivity contribution < 1.29 is 13.9 Å². The fourth-order valence-corrected chi connectivity index (χ4v) is 4.61. The van der Waals surface area contributed by atoms with Crippen LogP contribution in [-0.2, 0) is 24.2 Å². The molecule has 0 spiro atoms. The smallest absolute Gasteiger partial charge is 0.277 e. The Balaban J connectivity index is 1.29. The van der Waals surface area contributed by atoms with Gasteiger partial charge >= 0.3 is 0 Å². The lowest BCUT2D eigenvalue weighted by Gasteiger charge is -2.24. The van der Waals surface area contributed by atoms with Crippen molar-refractivity contribution in [1.29, 1.82) is 0 Å². The number of thioether (sulfide) groups is 1. The van der Waals surface area contributed by atoms with Gasteiger partial charge in [0.25, 0.3) is 11.1 Å². The summed E-state index contributed by atoms with van der Waals surface area (Å²) in [6.45, 7) is 0.0954. The van der Waals surface area contributed by atoms with Gasteiger partial charge in [0.1, 0.15) is 5.75 Å². The minimum atomic E-state index is -0.0473. The molecule has 0 radical (unpaired) electrons. The van der Waals surface area contributed by atoms with Crippen molar-refractivity contribution in [2.45, 2.75) is 24.7 Å². The Morgan fingerprint density at radius 1 is 0.939 bits per heavy atom. The van der Waals surface area contributed by atoms with Crippen LogP contribution in [0.5, 0.6) is 5.75 Å². The molecular weight excluding hydrogens is 458 g/mol. The first-order valence-corrected chi connectivity index (χ1v) is 11.9. The highest BCUT2D eigenvalue weighted by Gasteiger charge is 2.26. The lowest BCUT2D eigenvalue weighted by Crippen LogP contribution is -2.28. The van der Waals surface area contributed by atoms with E-state index in [-0.39, 0.29) is 18.3 Å². The molecule has 2 heterocycles. The van der Waals surface area contributed by atoms with Crippen molar-refractivity contribution in [2.75, 3.05) is 10.7 Å². The van der Waals surface area contributed by atoms with E-state index in [4.69, 9.17) is 20.8 Å². The van der Waals surface area contributed by atoms with Crippen LogP contribution in [0.15, 0.2) is 82.4 Å². The number of hydrogen-bond acceptors (Lipinski definition) is 6. The van der Waals surface area contributed by atoms with Crippen LogP contribution in [0, 0.1) is 0 Å². The third kappa shape index (κ3) is 4.74. The summed E-state index contributed by atoms with van der Waals surface area (Å²) < 4.78 is 11.3. The number of carbonyl (C=O) groups is 1. The van der Waals surface area contributed by atoms with Crippen molar-refractivity contribution >= 4 is 40.6 Å². The Bertz CT molecular complexity index is 1250. The molecule has 8 heteroatoms. The molecule has 0 atom stereocenters. The average Bonchev–Trinajstić information content (AvgIpc) is 3.23. The summed E-state index contributed by atoms with van der Waals surface area (Å²) in [5.74, 6) is 0.972. The molecule has 1 aromatic heterocycles. The first kappa shape index (κ1) is 21.6. The summed E-state index contributed by atoms with van der Waals surface area (Å²) in [4.78, 5) is 15.2. The second-order valence-electron chi connectivity index (χ2n) is 7.46. The number of ether oxygens (including phenoxy) is 1. The van der Waals surface area contributed by atoms with Crippen LogP contribution in [0.1, 0.15) is 17.0 Å². The zero-order valence-electron chi connectivity index (χ0n) is 17.6. The van der Waals surface area contributed by atoms with Gasteiger partial charge in [0, 0.05) is 0 Å². The molecule has 0 aliphatic carbocycles. The molecule has 4 aromatic rings. The number of benzene rings is 3. The number of fused-ring (bicyclic) bond motifs is 2. The molecule has 0 fully saturated rings. The highest BCUT2D eigenvalue weighted by Crippen LogP contribution is 2.36. The van der Waals surface area contributed by atoms with Crippen molar-refractivity contribution in [3.8, 4) is 5.75 Å². The summed E-state index contributed by atoms with van der Waals surface area (Å²) in [6, 6.07) is 23.3. The Labute approximate surface area is 200 Å². The van der Waals surface area contributed by atoms with E-state index in [1.165, 1.54) is 11.8 Å². The molecule has 0 saturated heterocycles. The van der Waals surface area contributed by atoms with Crippen molar-refractivity contribution in [1.82, 2.24) is 10.2 Å². The van der Waals surface area contributed by atoms with E-state index in [2.05, 4.69) is 22.3 Å². The topological polar surface area (TPSA) is 68.5 Å². The third-order valence-electron chi connectivity index (χ3n) is 5.33. The van der Waals surface area contributed by atoms with Crippen LogP contribution in [0.25, 0.3) is 0 Å². The number of rotatable bonds is 6. The molecule has 1 aliphatic heterocycles. The van der Waals surface area contributed by atoms with Gasteiger partial charge in [0.2, 0.25) is 5.91 Å². The highest BCUT2D eigenvalue weighted by atomic mass is 35.5. The molecule has 33 heavy (non-hydrogen) atoms. The van der Waals surface area contributed by atoms with Crippen molar-refractivity contribution in [3.05, 3.63) is 94.8 Å². The number of aromatic nitrogens is 2. The van der Waals surface area contributed by atoms with Gasteiger partial charge in [-0.1, -0.05) is 71.9 Å². The first-order valence-electron chi connectivity index (χ1n) is 10.5. The zero-order valence-corrected chi connectivity index (χ0v) is 19.2. The van der Waals surface area contributed by atoms with E-state index in [9.17, 15) is 4.79 Å². The van der Waals surface area contributed by atoms with Gasteiger partial charge in [0.05, 0.1) is 22.2 Å². The Morgan fingerprint density at radius 2 is 1.58 bits per heavy atom. The van der Waals surface area contributed by atoms with Gasteiger partial charge in [-0.05, 0) is 48.2 Å². The number of nitrogens with zero attached hydrogens (tertiary/aromatic N) is 3. The van der Waals surface area contributed by atoms with Crippen LogP contribution < -0.4 is 9.64 Å². The minimum Gasteiger partial charge on any atom is -0.482 e. The van der Waals surface area contributed by atoms with Crippen LogP contribution in [0.2, 0.25) is 5.02 Å². The number of aryl methyl sites for hydroxylation is 2. The standard InChI is InChI=1S/C25H20ClN3O3S/c26-19-9-3-6-12-22(19)31-15-23-27-28-25(32-23)33-16-24(30)29-20-10-4-1-7-17(20)13-14-18-8-2-5-11-21(18)29/h1-12H,13-16H2. The number of hydrogen-bond donors (Lipinski definition) is 0. The summed E-state index contributed by atoms with van der Waals surface area (Å²) in [5.41, 5.74) is 4.16. The fraction of sp³-hybridized carbons (Fsp3) is 0.160. The molecule has 3 aromatic carbocycles. The average molecular weight is 478 g/mol. The number of para-hydroxylation sites is 3. The van der Waals surface area contributed by atoms with Crippen LogP contribution >= 0.6 is 23.4 Å². The van der Waals surface area contributed by atoms with E-state index in [0.717, 1.165) is 35.3 Å². The monoisotopic (exact) mass is 477 g/mol. The molecular formula is C25H20ClN3O3S. The van der Waals surface area contributed by atoms with E-state index in [1.54, 1.807) is 12.1 Å². The van der Waals surface area contributed by atoms with Crippen LogP contribution in [0.4, 0.5) is 11.4 Å². The maximum atomic E-state index is 13.4. The SMILES string of the molecule is O=C(CSc1nnc(COc2ccccc2Cl)o1)N1c2ccccc2CCc2ccccc21. The van der Waals surface area contributed by atoms with Gasteiger partial charge < -0.3 is 9.15 Å². The predicted molar refractivity (Wildman–Crippen MR) is 128 cm³/mol. The first-order chi connectivity index (χ1) is 16.2. The van der Waals surface area contributed by atoms with Gasteiger partial charge in [0.15, 0.2) is 6.61 Å². The Kier molecular flexibility index (Phi) is 6.32. The van der Waals surface area contributed by atoms with Crippen LogP contribution in [0.3, 0.4) is 0 Å². The molecule has 166 valence electrons. The van der Waals surface area contributed by atoms with Crippen molar-refractivity contribution in [2.24, 2.45) is 0 Å². The summed E-state index contributed by atoms with van der Waals surface area (Å²) in [5, 5.41) is 8.87. The van der Waals surface area contributed by atoms with Gasteiger partial charge in [-0.3, -0.25) is 9.69 Å². The van der Waals surface area contributed by atoms with Crippen LogP contribution in [-0.4, -0.2) is 21.9 Å². The summed E-state index contributed by atoms with van der Waals surface area (Å²) in [7, 11) is 0. The molecule has 0 unspecified atom stereocenters. The quantitative estimate of drug-likeness (QED) is 0.324. The lowest BCUT2D eigenvalue weighted by molar-refractivity contribution is -0.115. The predicted octanol–water partition coefficient (Wildman–Crippen LogP) is 5.86. The number of halogens is 1. The van der Waals surface area contributed by atoms with Gasteiger partial charge in [-0.2, -0.15) is 0 Å². The summed E-state index contributed by atoms with van der Waals surface area (Å²) >= 11 is 7.31. The lowest BCUT2D eigenvalue weighted by atomic mass is 10.0. The van der Waals surface area contributed by atoms with E-state index < -0.39 is 0 Å². The highest BCUT2D eigenvalue weighted by molar-refractivity contribution is 7.99. The van der Waals surface area contributed by atoms with Gasteiger partial charge in [-0.25, -0.2) is 0 Å². The molecule has 1 aliphatic rings. The molecule has 5 rings (SSSR count). The Morgan fingerprint density at radius 3 is 2.27 bits per heavy atom. The molecule has 0 bridgehead atoms. The number of anilines is 2. The van der Waals surface area contributed by atoms with E-state index in [1.807, 2.05) is 53.4 Å². The van der Waals surface area contributed by atoms with Crippen molar-refractivity contribution in [3.63, 3.8) is 0 Å². The fourth-order valence-electron chi connectivity index (χ4n) is 3.79. The summed E-state index contributed by atoms with van der Waals surface area (Å²) in [6.07, 6.45) is 1.78. The normalized spacial score (nSPS) is 12.6. The minimum absolute atomic E-state index is 0.0473. The maximum absolute atomic E-state index is 13.4.